The highest BCUT2D eigenvalue weighted by atomic mass is 31.2. The summed E-state index contributed by atoms with van der Waals surface area (Å²) in [4.78, 5) is 0. The Labute approximate surface area is 124 Å². The van der Waals surface area contributed by atoms with Gasteiger partial charge < -0.3 is 14.2 Å². The van der Waals surface area contributed by atoms with Crippen LogP contribution in [0.4, 0.5) is 5.69 Å². The van der Waals surface area contributed by atoms with Crippen molar-refractivity contribution >= 4 is 18.6 Å². The van der Waals surface area contributed by atoms with E-state index in [2.05, 4.69) is 6.08 Å². The lowest BCUT2D eigenvalue weighted by molar-refractivity contribution is -0.327. The second-order valence-electron chi connectivity index (χ2n) is 5.17. The summed E-state index contributed by atoms with van der Waals surface area (Å²) in [5, 5.41) is 13.3. The van der Waals surface area contributed by atoms with Crippen molar-refractivity contribution in [3.8, 4) is 0 Å². The van der Waals surface area contributed by atoms with Gasteiger partial charge in [-0.25, -0.2) is 0 Å². The molecule has 2 aliphatic heterocycles. The lowest BCUT2D eigenvalue weighted by atomic mass is 10.1. The van der Waals surface area contributed by atoms with Crippen LogP contribution < -0.4 is 9.59 Å². The van der Waals surface area contributed by atoms with Crippen LogP contribution in [0.25, 0.3) is 5.31 Å². The molecule has 1 unspecified atom stereocenters. The number of benzene rings is 1. The molecule has 0 fully saturated rings. The summed E-state index contributed by atoms with van der Waals surface area (Å²) in [5.41, 5.74) is 1.57. The van der Waals surface area contributed by atoms with Crippen molar-refractivity contribution < 1.29 is 18.7 Å². The third-order valence-electron chi connectivity index (χ3n) is 4.23. The number of quaternary nitrogens is 1. The Balaban J connectivity index is 2.28. The molecule has 2 aliphatic rings. The molecule has 0 amide bonds. The molecule has 6 heteroatoms. The molecule has 112 valence electrons. The summed E-state index contributed by atoms with van der Waals surface area (Å²) in [6, 6.07) is 7.48. The van der Waals surface area contributed by atoms with Gasteiger partial charge in [0.2, 0.25) is 0 Å². The molecular formula is C15H18NO4P. The first kappa shape index (κ1) is 14.5. The lowest BCUT2D eigenvalue weighted by Gasteiger charge is -2.40. The Morgan fingerprint density at radius 1 is 1.19 bits per heavy atom. The average molecular weight is 307 g/mol. The average Bonchev–Trinajstić information content (AvgIpc) is 2.78. The Kier molecular flexibility index (Phi) is 3.54. The van der Waals surface area contributed by atoms with Crippen LogP contribution in [-0.2, 0) is 13.6 Å². The molecule has 0 aliphatic carbocycles. The summed E-state index contributed by atoms with van der Waals surface area (Å²) < 4.78 is 23.2. The van der Waals surface area contributed by atoms with Gasteiger partial charge in [0.15, 0.2) is 0 Å². The molecule has 0 aromatic heterocycles. The van der Waals surface area contributed by atoms with E-state index in [0.717, 1.165) is 12.1 Å². The Hall–Kier alpha value is -1.39. The van der Waals surface area contributed by atoms with Gasteiger partial charge in [0, 0.05) is 26.7 Å². The van der Waals surface area contributed by atoms with Gasteiger partial charge in [-0.15, -0.1) is 0 Å². The van der Waals surface area contributed by atoms with Crippen LogP contribution in [-0.4, -0.2) is 27.3 Å². The van der Waals surface area contributed by atoms with E-state index in [-0.39, 0.29) is 15.7 Å². The van der Waals surface area contributed by atoms with Gasteiger partial charge in [-0.05, 0) is 12.1 Å². The zero-order chi connectivity index (χ0) is 15.1. The van der Waals surface area contributed by atoms with Crippen molar-refractivity contribution in [3.63, 3.8) is 0 Å². The van der Waals surface area contributed by atoms with Crippen molar-refractivity contribution in [1.29, 1.82) is 0 Å². The Morgan fingerprint density at radius 3 is 2.52 bits per heavy atom. The molecule has 0 saturated heterocycles. The zero-order valence-electron chi connectivity index (χ0n) is 12.1. The number of nitrogens with zero attached hydrogens (tertiary/aromatic N) is 1. The number of hydrogen-bond donors (Lipinski definition) is 0. The summed E-state index contributed by atoms with van der Waals surface area (Å²) in [6.07, 6.45) is 4.90. The quantitative estimate of drug-likeness (QED) is 0.489. The SMILES string of the molecule is COP(=O)(OC)C1=C([O-])[N+]2(CC=CCC2)c2ccccc21. The second kappa shape index (κ2) is 5.11. The molecule has 0 saturated carbocycles. The third kappa shape index (κ3) is 1.93. The highest BCUT2D eigenvalue weighted by molar-refractivity contribution is 7.65. The van der Waals surface area contributed by atoms with E-state index in [1.165, 1.54) is 14.2 Å². The molecule has 2 heterocycles. The first-order valence-corrected chi connectivity index (χ1v) is 8.39. The van der Waals surface area contributed by atoms with Crippen molar-refractivity contribution in [2.45, 2.75) is 6.42 Å². The molecule has 0 radical (unpaired) electrons. The van der Waals surface area contributed by atoms with Gasteiger partial charge in [-0.1, -0.05) is 18.2 Å². The second-order valence-corrected chi connectivity index (χ2v) is 7.34. The summed E-state index contributed by atoms with van der Waals surface area (Å²) in [7, 11) is -0.960. The minimum atomic E-state index is -3.58. The van der Waals surface area contributed by atoms with E-state index in [0.29, 0.717) is 18.7 Å². The van der Waals surface area contributed by atoms with Gasteiger partial charge in [-0.3, -0.25) is 9.05 Å². The van der Waals surface area contributed by atoms with Crippen molar-refractivity contribution in [1.82, 2.24) is 4.48 Å². The van der Waals surface area contributed by atoms with Crippen LogP contribution in [0.5, 0.6) is 0 Å². The van der Waals surface area contributed by atoms with E-state index < -0.39 is 7.60 Å². The largest absolute Gasteiger partial charge is 0.830 e. The van der Waals surface area contributed by atoms with E-state index in [1.54, 1.807) is 0 Å². The highest BCUT2D eigenvalue weighted by Gasteiger charge is 2.47. The smallest absolute Gasteiger partial charge is 0.366 e. The molecule has 0 bridgehead atoms. The molecule has 1 aromatic carbocycles. The molecule has 0 N–H and O–H groups in total. The van der Waals surface area contributed by atoms with E-state index in [9.17, 15) is 9.67 Å². The predicted octanol–water partition coefficient (Wildman–Crippen LogP) is 2.44. The first-order valence-electron chi connectivity index (χ1n) is 6.85. The Bertz CT molecular complexity index is 674. The standard InChI is InChI=1S/C15H18NO4P/c1-19-21(18,20-2)14-12-8-4-5-9-13(12)16(15(14)17)10-6-3-7-11-16/h3-6,8-9H,7,10-11H2,1-2H3. The molecule has 1 atom stereocenters. The van der Waals surface area contributed by atoms with Gasteiger partial charge >= 0.3 is 7.60 Å². The van der Waals surface area contributed by atoms with Crippen molar-refractivity contribution in [3.05, 3.63) is 47.9 Å². The van der Waals surface area contributed by atoms with Crippen LogP contribution in [0.15, 0.2) is 42.3 Å². The molecule has 3 rings (SSSR count). The van der Waals surface area contributed by atoms with E-state index in [1.807, 2.05) is 30.3 Å². The molecule has 5 nitrogen and oxygen atoms in total. The maximum absolute atomic E-state index is 13.1. The fourth-order valence-electron chi connectivity index (χ4n) is 3.16. The molecule has 21 heavy (non-hydrogen) atoms. The minimum absolute atomic E-state index is 0.174. The van der Waals surface area contributed by atoms with Crippen LogP contribution in [0.3, 0.4) is 0 Å². The summed E-state index contributed by atoms with van der Waals surface area (Å²) >= 11 is 0. The Morgan fingerprint density at radius 2 is 1.90 bits per heavy atom. The molecular weight excluding hydrogens is 289 g/mol. The van der Waals surface area contributed by atoms with Crippen LogP contribution in [0.2, 0.25) is 0 Å². The zero-order valence-corrected chi connectivity index (χ0v) is 13.0. The van der Waals surface area contributed by atoms with Crippen LogP contribution in [0, 0.1) is 0 Å². The first-order chi connectivity index (χ1) is 10.1. The topological polar surface area (TPSA) is 58.6 Å². The lowest BCUT2D eigenvalue weighted by Crippen LogP contribution is -2.52. The number of hydrogen-bond acceptors (Lipinski definition) is 4. The molecule has 1 spiro atoms. The van der Waals surface area contributed by atoms with Crippen molar-refractivity contribution in [2.24, 2.45) is 0 Å². The maximum Gasteiger partial charge on any atom is 0.366 e. The fourth-order valence-corrected chi connectivity index (χ4v) is 4.58. The van der Waals surface area contributed by atoms with Crippen molar-refractivity contribution in [2.75, 3.05) is 27.3 Å². The van der Waals surface area contributed by atoms with Crippen LogP contribution in [0.1, 0.15) is 12.0 Å². The fraction of sp³-hybridized carbons (Fsp3) is 0.333. The highest BCUT2D eigenvalue weighted by Crippen LogP contribution is 2.65. The number of rotatable bonds is 3. The van der Waals surface area contributed by atoms with Crippen LogP contribution >= 0.6 is 7.60 Å². The van der Waals surface area contributed by atoms with E-state index in [4.69, 9.17) is 9.05 Å². The van der Waals surface area contributed by atoms with Gasteiger partial charge in [0.1, 0.15) is 17.5 Å². The minimum Gasteiger partial charge on any atom is -0.830 e. The number of para-hydroxylation sites is 1. The van der Waals surface area contributed by atoms with Gasteiger partial charge in [-0.2, -0.15) is 0 Å². The van der Waals surface area contributed by atoms with Gasteiger partial charge in [0.05, 0.1) is 18.0 Å². The molecule has 1 aromatic rings. The number of fused-ring (bicyclic) bond motifs is 2. The van der Waals surface area contributed by atoms with E-state index >= 15 is 0 Å². The van der Waals surface area contributed by atoms with Gasteiger partial charge in [0.25, 0.3) is 0 Å². The monoisotopic (exact) mass is 307 g/mol. The maximum atomic E-state index is 13.1. The third-order valence-corrected chi connectivity index (χ3v) is 6.17. The summed E-state index contributed by atoms with van der Waals surface area (Å²) in [6.45, 7) is 1.25. The normalized spacial score (nSPS) is 24.7. The predicted molar refractivity (Wildman–Crippen MR) is 80.3 cm³/mol. The summed E-state index contributed by atoms with van der Waals surface area (Å²) in [5.74, 6) is -0.174.